The zero-order valence-corrected chi connectivity index (χ0v) is 20.2. The largest absolute Gasteiger partial charge is 0.497 e. The predicted octanol–water partition coefficient (Wildman–Crippen LogP) is 5.21. The van der Waals surface area contributed by atoms with Gasteiger partial charge >= 0.3 is 6.03 Å². The number of methoxy groups -OCH3 is 1. The molecule has 0 unspecified atom stereocenters. The number of barbiturate groups is 1. The molecule has 0 atom stereocenters. The van der Waals surface area contributed by atoms with Crippen LogP contribution >= 0.6 is 11.6 Å². The van der Waals surface area contributed by atoms with Gasteiger partial charge in [-0.1, -0.05) is 47.5 Å². The van der Waals surface area contributed by atoms with Crippen molar-refractivity contribution in [3.05, 3.63) is 93.5 Å². The van der Waals surface area contributed by atoms with Crippen molar-refractivity contribution in [2.45, 2.75) is 20.5 Å². The van der Waals surface area contributed by atoms with E-state index in [0.717, 1.165) is 21.6 Å². The van der Waals surface area contributed by atoms with E-state index in [1.807, 2.05) is 31.2 Å². The van der Waals surface area contributed by atoms with Gasteiger partial charge in [-0.25, -0.2) is 9.69 Å². The Labute approximate surface area is 207 Å². The molecule has 0 saturated carbocycles. The summed E-state index contributed by atoms with van der Waals surface area (Å²) >= 11 is 6.19. The molecule has 1 fully saturated rings. The molecule has 1 aliphatic rings. The van der Waals surface area contributed by atoms with E-state index >= 15 is 0 Å². The molecule has 0 radical (unpaired) electrons. The molecule has 3 aromatic rings. The van der Waals surface area contributed by atoms with Gasteiger partial charge in [0.2, 0.25) is 0 Å². The molecule has 0 bridgehead atoms. The maximum absolute atomic E-state index is 13.3. The topological polar surface area (TPSA) is 84.9 Å². The molecule has 35 heavy (non-hydrogen) atoms. The van der Waals surface area contributed by atoms with Crippen LogP contribution in [0.5, 0.6) is 11.5 Å². The van der Waals surface area contributed by atoms with E-state index in [1.165, 1.54) is 19.3 Å². The number of ether oxygens (including phenoxy) is 2. The van der Waals surface area contributed by atoms with Gasteiger partial charge in [0.25, 0.3) is 11.8 Å². The van der Waals surface area contributed by atoms with E-state index < -0.39 is 17.8 Å². The standard InChI is InChI=1S/C27H23ClN2O5/c1-16-5-4-6-18(11-16)15-35-24-14-21(34-3)10-8-19(24)12-22-25(31)29-27(33)30(26(22)32)20-9-7-17(2)23(28)13-20/h4-14H,15H2,1-3H3,(H,29,31,33)/b22-12+. The molecule has 0 aromatic heterocycles. The minimum absolute atomic E-state index is 0.216. The summed E-state index contributed by atoms with van der Waals surface area (Å²) in [6.07, 6.45) is 1.40. The van der Waals surface area contributed by atoms with Crippen LogP contribution in [0.4, 0.5) is 10.5 Å². The Morgan fingerprint density at radius 3 is 2.51 bits per heavy atom. The molecular formula is C27H23ClN2O5. The Hall–Kier alpha value is -4.10. The molecule has 1 heterocycles. The van der Waals surface area contributed by atoms with Gasteiger partial charge in [0.1, 0.15) is 23.7 Å². The van der Waals surface area contributed by atoms with Crippen LogP contribution in [-0.2, 0) is 16.2 Å². The molecule has 7 nitrogen and oxygen atoms in total. The van der Waals surface area contributed by atoms with Crippen molar-refractivity contribution in [3.63, 3.8) is 0 Å². The Morgan fingerprint density at radius 2 is 1.80 bits per heavy atom. The number of urea groups is 1. The minimum atomic E-state index is -0.845. The summed E-state index contributed by atoms with van der Waals surface area (Å²) in [7, 11) is 1.53. The van der Waals surface area contributed by atoms with Crippen molar-refractivity contribution >= 4 is 41.2 Å². The highest BCUT2D eigenvalue weighted by Crippen LogP contribution is 2.30. The first-order chi connectivity index (χ1) is 16.8. The maximum atomic E-state index is 13.3. The lowest BCUT2D eigenvalue weighted by Gasteiger charge is -2.26. The van der Waals surface area contributed by atoms with Crippen molar-refractivity contribution in [2.24, 2.45) is 0 Å². The second kappa shape index (κ2) is 10.0. The van der Waals surface area contributed by atoms with Crippen LogP contribution in [0, 0.1) is 13.8 Å². The SMILES string of the molecule is COc1ccc(/C=C2\C(=O)NC(=O)N(c3ccc(C)c(Cl)c3)C2=O)c(OCc2cccc(C)c2)c1. The summed E-state index contributed by atoms with van der Waals surface area (Å²) in [6, 6.07) is 16.9. The number of imide groups is 2. The monoisotopic (exact) mass is 490 g/mol. The molecule has 0 aliphatic carbocycles. The normalized spacial score (nSPS) is 14.8. The van der Waals surface area contributed by atoms with Crippen LogP contribution in [0.2, 0.25) is 5.02 Å². The number of nitrogens with zero attached hydrogens (tertiary/aromatic N) is 1. The number of benzene rings is 3. The number of hydrogen-bond acceptors (Lipinski definition) is 5. The van der Waals surface area contributed by atoms with Crippen LogP contribution in [0.25, 0.3) is 6.08 Å². The van der Waals surface area contributed by atoms with Crippen molar-refractivity contribution in [3.8, 4) is 11.5 Å². The lowest BCUT2D eigenvalue weighted by Crippen LogP contribution is -2.54. The summed E-state index contributed by atoms with van der Waals surface area (Å²) in [4.78, 5) is 39.3. The van der Waals surface area contributed by atoms with E-state index in [9.17, 15) is 14.4 Å². The van der Waals surface area contributed by atoms with Crippen LogP contribution < -0.4 is 19.7 Å². The molecule has 1 N–H and O–H groups in total. The summed E-state index contributed by atoms with van der Waals surface area (Å²) in [5.41, 5.74) is 3.38. The number of aryl methyl sites for hydroxylation is 2. The van der Waals surface area contributed by atoms with Crippen LogP contribution in [-0.4, -0.2) is 25.0 Å². The third-order valence-electron chi connectivity index (χ3n) is 5.51. The molecule has 4 rings (SSSR count). The third kappa shape index (κ3) is 5.20. The molecule has 3 aromatic carbocycles. The van der Waals surface area contributed by atoms with E-state index in [4.69, 9.17) is 21.1 Å². The summed E-state index contributed by atoms with van der Waals surface area (Å²) in [5, 5.41) is 2.61. The van der Waals surface area contributed by atoms with Crippen molar-refractivity contribution < 1.29 is 23.9 Å². The van der Waals surface area contributed by atoms with Gasteiger partial charge in [-0.3, -0.25) is 14.9 Å². The van der Waals surface area contributed by atoms with E-state index in [2.05, 4.69) is 5.32 Å². The molecule has 1 saturated heterocycles. The second-order valence-corrected chi connectivity index (χ2v) is 8.48. The first-order valence-corrected chi connectivity index (χ1v) is 11.2. The Bertz CT molecular complexity index is 1370. The zero-order chi connectivity index (χ0) is 25.1. The zero-order valence-electron chi connectivity index (χ0n) is 19.4. The van der Waals surface area contributed by atoms with Gasteiger partial charge in [-0.15, -0.1) is 0 Å². The maximum Gasteiger partial charge on any atom is 0.335 e. The molecule has 1 aliphatic heterocycles. The fourth-order valence-corrected chi connectivity index (χ4v) is 3.79. The summed E-state index contributed by atoms with van der Waals surface area (Å²) in [5.74, 6) is -0.591. The predicted molar refractivity (Wildman–Crippen MR) is 134 cm³/mol. The average molecular weight is 491 g/mol. The number of halogens is 1. The minimum Gasteiger partial charge on any atom is -0.497 e. The third-order valence-corrected chi connectivity index (χ3v) is 5.92. The molecule has 178 valence electrons. The van der Waals surface area contributed by atoms with Gasteiger partial charge < -0.3 is 9.47 Å². The van der Waals surface area contributed by atoms with Crippen molar-refractivity contribution in [1.82, 2.24) is 5.32 Å². The Balaban J connectivity index is 1.69. The lowest BCUT2D eigenvalue weighted by atomic mass is 10.1. The molecular weight excluding hydrogens is 468 g/mol. The van der Waals surface area contributed by atoms with Crippen molar-refractivity contribution in [1.29, 1.82) is 0 Å². The number of hydrogen-bond donors (Lipinski definition) is 1. The fourth-order valence-electron chi connectivity index (χ4n) is 3.62. The first kappa shape index (κ1) is 24.0. The van der Waals surface area contributed by atoms with Gasteiger partial charge in [-0.05, 0) is 55.3 Å². The van der Waals surface area contributed by atoms with Crippen molar-refractivity contribution in [2.75, 3.05) is 12.0 Å². The number of nitrogens with one attached hydrogen (secondary N) is 1. The quantitative estimate of drug-likeness (QED) is 0.378. The molecule has 8 heteroatoms. The lowest BCUT2D eigenvalue weighted by molar-refractivity contribution is -0.122. The van der Waals surface area contributed by atoms with Crippen LogP contribution in [0.3, 0.4) is 0 Å². The number of rotatable bonds is 6. The smallest absolute Gasteiger partial charge is 0.335 e. The number of carbonyl (C=O) groups excluding carboxylic acids is 3. The first-order valence-electron chi connectivity index (χ1n) is 10.8. The molecule has 0 spiro atoms. The van der Waals surface area contributed by atoms with E-state index in [1.54, 1.807) is 37.3 Å². The second-order valence-electron chi connectivity index (χ2n) is 8.07. The van der Waals surface area contributed by atoms with Gasteiger partial charge in [-0.2, -0.15) is 0 Å². The fraction of sp³-hybridized carbons (Fsp3) is 0.148. The Kier molecular flexibility index (Phi) is 6.89. The van der Waals surface area contributed by atoms with E-state index in [-0.39, 0.29) is 17.9 Å². The summed E-state index contributed by atoms with van der Waals surface area (Å²) in [6.45, 7) is 4.07. The summed E-state index contributed by atoms with van der Waals surface area (Å²) < 4.78 is 11.3. The van der Waals surface area contributed by atoms with Gasteiger partial charge in [0.15, 0.2) is 0 Å². The number of carbonyl (C=O) groups is 3. The number of amides is 4. The number of anilines is 1. The highest BCUT2D eigenvalue weighted by molar-refractivity contribution is 6.39. The van der Waals surface area contributed by atoms with E-state index in [0.29, 0.717) is 22.1 Å². The van der Waals surface area contributed by atoms with Gasteiger partial charge in [0, 0.05) is 16.7 Å². The van der Waals surface area contributed by atoms with Crippen LogP contribution in [0.1, 0.15) is 22.3 Å². The van der Waals surface area contributed by atoms with Crippen LogP contribution in [0.15, 0.2) is 66.2 Å². The highest BCUT2D eigenvalue weighted by atomic mass is 35.5. The highest BCUT2D eigenvalue weighted by Gasteiger charge is 2.37. The Morgan fingerprint density at radius 1 is 1.00 bits per heavy atom. The van der Waals surface area contributed by atoms with Gasteiger partial charge in [0.05, 0.1) is 12.8 Å². The molecule has 4 amide bonds. The average Bonchev–Trinajstić information content (AvgIpc) is 2.83.